The molecule has 0 radical (unpaired) electrons. The maximum Gasteiger partial charge on any atom is 0.148 e. The summed E-state index contributed by atoms with van der Waals surface area (Å²) in [6.07, 6.45) is 10.9. The molecule has 0 unspecified atom stereocenters. The van der Waals surface area contributed by atoms with Crippen molar-refractivity contribution in [2.45, 2.75) is 53.9 Å². The first kappa shape index (κ1) is 25.2. The van der Waals surface area contributed by atoms with E-state index in [-0.39, 0.29) is 11.5 Å². The fraction of sp³-hybridized carbons (Fsp3) is 0.333. The molecule has 0 fully saturated rings. The Morgan fingerprint density at radius 3 is 2.03 bits per heavy atom. The van der Waals surface area contributed by atoms with Crippen molar-refractivity contribution < 1.29 is 10.2 Å². The molecule has 4 rings (SSSR count). The molecule has 2 N–H and O–H groups in total. The Bertz CT molecular complexity index is 1260. The van der Waals surface area contributed by atoms with Crippen LogP contribution in [0.1, 0.15) is 59.4 Å². The lowest BCUT2D eigenvalue weighted by atomic mass is 9.74. The van der Waals surface area contributed by atoms with E-state index in [0.717, 1.165) is 29.2 Å². The molecule has 0 aliphatic rings. The van der Waals surface area contributed by atoms with Crippen molar-refractivity contribution in [3.05, 3.63) is 78.6 Å². The van der Waals surface area contributed by atoms with Crippen LogP contribution >= 0.6 is 0 Å². The van der Waals surface area contributed by atoms with Crippen LogP contribution in [0.3, 0.4) is 0 Å². The number of hydrogen-bond acceptors (Lipinski definition) is 4. The van der Waals surface area contributed by atoms with Gasteiger partial charge in [-0.15, -0.1) is 0 Å². The highest BCUT2D eigenvalue weighted by atomic mass is 16.3. The van der Waals surface area contributed by atoms with Gasteiger partial charge in [0.1, 0.15) is 22.5 Å². The first-order chi connectivity index (χ1) is 16.1. The van der Waals surface area contributed by atoms with Crippen molar-refractivity contribution in [2.75, 3.05) is 0 Å². The van der Waals surface area contributed by atoms with Crippen LogP contribution in [0.25, 0.3) is 27.9 Å². The molecule has 2 aromatic heterocycles. The molecule has 0 saturated heterocycles. The fourth-order valence-corrected chi connectivity index (χ4v) is 4.58. The maximum absolute atomic E-state index is 10.3. The molecule has 0 aliphatic carbocycles. The van der Waals surface area contributed by atoms with Gasteiger partial charge in [0.15, 0.2) is 0 Å². The van der Waals surface area contributed by atoms with Crippen molar-refractivity contribution >= 4 is 27.9 Å². The van der Waals surface area contributed by atoms with Gasteiger partial charge in [0, 0.05) is 28.7 Å². The van der Waals surface area contributed by atoms with Gasteiger partial charge in [-0.1, -0.05) is 83.2 Å². The molecular weight excluding hydrogens is 420 g/mol. The molecule has 34 heavy (non-hydrogen) atoms. The van der Waals surface area contributed by atoms with Crippen molar-refractivity contribution in [2.24, 2.45) is 10.8 Å². The van der Waals surface area contributed by atoms with Crippen LogP contribution in [0.5, 0.6) is 11.5 Å². The van der Waals surface area contributed by atoms with Gasteiger partial charge in [-0.05, 0) is 48.3 Å². The third-order valence-electron chi connectivity index (χ3n) is 5.68. The van der Waals surface area contributed by atoms with Gasteiger partial charge in [0.25, 0.3) is 0 Å². The number of benzene rings is 2. The predicted octanol–water partition coefficient (Wildman–Crippen LogP) is 8.14. The number of allylic oxidation sites excluding steroid dienone is 1. The average molecular weight is 457 g/mol. The second-order valence-corrected chi connectivity index (χ2v) is 10.8. The SMILES string of the molecule is CC(C)(C)CC(C)(C)CCC=Cc1ccc2cccnc2c1O.Oc1cccc2cccnc12. The second-order valence-electron chi connectivity index (χ2n) is 10.8. The Hall–Kier alpha value is -3.40. The van der Waals surface area contributed by atoms with E-state index in [1.807, 2.05) is 48.5 Å². The topological polar surface area (TPSA) is 66.2 Å². The van der Waals surface area contributed by atoms with Gasteiger partial charge in [-0.2, -0.15) is 0 Å². The Morgan fingerprint density at radius 2 is 1.38 bits per heavy atom. The number of phenols is 2. The first-order valence-electron chi connectivity index (χ1n) is 11.8. The van der Waals surface area contributed by atoms with E-state index in [0.29, 0.717) is 21.9 Å². The van der Waals surface area contributed by atoms with E-state index in [1.165, 1.54) is 6.42 Å². The minimum absolute atomic E-state index is 0.239. The van der Waals surface area contributed by atoms with E-state index in [2.05, 4.69) is 50.7 Å². The van der Waals surface area contributed by atoms with Crippen LogP contribution in [0, 0.1) is 10.8 Å². The van der Waals surface area contributed by atoms with E-state index in [9.17, 15) is 10.2 Å². The van der Waals surface area contributed by atoms with Crippen LogP contribution in [0.15, 0.2) is 73.1 Å². The number of para-hydroxylation sites is 1. The summed E-state index contributed by atoms with van der Waals surface area (Å²) in [5.41, 5.74) is 2.85. The molecule has 4 heteroatoms. The fourth-order valence-electron chi connectivity index (χ4n) is 4.58. The summed E-state index contributed by atoms with van der Waals surface area (Å²) < 4.78 is 0. The summed E-state index contributed by atoms with van der Waals surface area (Å²) in [6, 6.07) is 16.9. The van der Waals surface area contributed by atoms with Crippen molar-refractivity contribution in [3.8, 4) is 11.5 Å². The normalized spacial score (nSPS) is 12.1. The highest BCUT2D eigenvalue weighted by Crippen LogP contribution is 2.37. The van der Waals surface area contributed by atoms with E-state index in [1.54, 1.807) is 24.5 Å². The quantitative estimate of drug-likeness (QED) is 0.318. The largest absolute Gasteiger partial charge is 0.506 e. The summed E-state index contributed by atoms with van der Waals surface area (Å²) in [5.74, 6) is 0.511. The zero-order chi connectivity index (χ0) is 24.8. The molecule has 0 atom stereocenters. The van der Waals surface area contributed by atoms with Crippen molar-refractivity contribution in [1.29, 1.82) is 0 Å². The number of aromatic hydroxyl groups is 2. The minimum atomic E-state index is 0.239. The van der Waals surface area contributed by atoms with E-state index in [4.69, 9.17) is 0 Å². The van der Waals surface area contributed by atoms with Crippen LogP contribution in [-0.4, -0.2) is 20.2 Å². The van der Waals surface area contributed by atoms with Gasteiger partial charge < -0.3 is 10.2 Å². The van der Waals surface area contributed by atoms with Crippen LogP contribution < -0.4 is 0 Å². The van der Waals surface area contributed by atoms with E-state index < -0.39 is 0 Å². The molecule has 4 nitrogen and oxygen atoms in total. The van der Waals surface area contributed by atoms with Crippen molar-refractivity contribution in [3.63, 3.8) is 0 Å². The van der Waals surface area contributed by atoms with Crippen LogP contribution in [0.2, 0.25) is 0 Å². The summed E-state index contributed by atoms with van der Waals surface area (Å²) in [4.78, 5) is 8.30. The maximum atomic E-state index is 10.3. The number of aromatic nitrogens is 2. The molecule has 0 spiro atoms. The molecule has 2 heterocycles. The van der Waals surface area contributed by atoms with Gasteiger partial charge in [0.05, 0.1) is 0 Å². The lowest BCUT2D eigenvalue weighted by molar-refractivity contribution is 0.200. The summed E-state index contributed by atoms with van der Waals surface area (Å²) in [5, 5.41) is 21.6. The Kier molecular flexibility index (Phi) is 7.93. The van der Waals surface area contributed by atoms with Crippen LogP contribution in [0.4, 0.5) is 0 Å². The third-order valence-corrected chi connectivity index (χ3v) is 5.68. The number of hydrogen-bond donors (Lipinski definition) is 2. The van der Waals surface area contributed by atoms with Gasteiger partial charge in [-0.3, -0.25) is 9.97 Å². The lowest BCUT2D eigenvalue weighted by Crippen LogP contribution is -2.20. The predicted molar refractivity (Wildman–Crippen MR) is 143 cm³/mol. The highest BCUT2D eigenvalue weighted by molar-refractivity contribution is 5.88. The zero-order valence-corrected chi connectivity index (χ0v) is 20.9. The molecule has 0 aliphatic heterocycles. The molecular formula is C30H36N2O2. The highest BCUT2D eigenvalue weighted by Gasteiger charge is 2.24. The van der Waals surface area contributed by atoms with Gasteiger partial charge in [-0.25, -0.2) is 0 Å². The van der Waals surface area contributed by atoms with Crippen LogP contribution in [-0.2, 0) is 0 Å². The Morgan fingerprint density at radius 1 is 0.765 bits per heavy atom. The number of fused-ring (bicyclic) bond motifs is 2. The monoisotopic (exact) mass is 456 g/mol. The summed E-state index contributed by atoms with van der Waals surface area (Å²) >= 11 is 0. The average Bonchev–Trinajstić information content (AvgIpc) is 2.77. The Balaban J connectivity index is 0.000000243. The van der Waals surface area contributed by atoms with Crippen molar-refractivity contribution in [1.82, 2.24) is 9.97 Å². The van der Waals surface area contributed by atoms with E-state index >= 15 is 0 Å². The number of phenolic OH excluding ortho intramolecular Hbond substituents is 2. The number of nitrogens with zero attached hydrogens (tertiary/aromatic N) is 2. The molecule has 4 aromatic rings. The molecule has 0 bridgehead atoms. The lowest BCUT2D eigenvalue weighted by Gasteiger charge is -2.32. The molecule has 0 saturated carbocycles. The summed E-state index contributed by atoms with van der Waals surface area (Å²) in [7, 11) is 0. The smallest absolute Gasteiger partial charge is 0.148 e. The third kappa shape index (κ3) is 7.05. The molecule has 178 valence electrons. The molecule has 0 amide bonds. The minimum Gasteiger partial charge on any atom is -0.506 e. The second kappa shape index (κ2) is 10.7. The van der Waals surface area contributed by atoms with Gasteiger partial charge in [0.2, 0.25) is 0 Å². The van der Waals surface area contributed by atoms with Gasteiger partial charge >= 0.3 is 0 Å². The summed E-state index contributed by atoms with van der Waals surface area (Å²) in [6.45, 7) is 11.6. The first-order valence-corrected chi connectivity index (χ1v) is 11.8. The number of rotatable bonds is 5. The molecule has 2 aromatic carbocycles. The zero-order valence-electron chi connectivity index (χ0n) is 20.9. The Labute approximate surface area is 203 Å². The standard InChI is InChI=1S/C21H29NO.C9H7NO/c1-20(2,3)15-21(4,5)13-7-6-9-17-12-11-16-10-8-14-22-18(16)19(17)23;11-8-5-1-3-7-4-2-6-10-9(7)8/h6,8-12,14,23H,7,13,15H2,1-5H3;1-6,11H. The number of pyridine rings is 2.